The summed E-state index contributed by atoms with van der Waals surface area (Å²) in [6, 6.07) is 18.0. The van der Waals surface area contributed by atoms with E-state index in [2.05, 4.69) is 12.2 Å². The molecule has 1 N–H and O–H groups in total. The van der Waals surface area contributed by atoms with Crippen LogP contribution in [0.5, 0.6) is 5.75 Å². The average molecular weight is 326 g/mol. The van der Waals surface area contributed by atoms with E-state index in [0.717, 1.165) is 16.9 Å². The van der Waals surface area contributed by atoms with E-state index in [1.807, 2.05) is 61.5 Å². The van der Waals surface area contributed by atoms with Crippen molar-refractivity contribution in [3.63, 3.8) is 0 Å². The first-order chi connectivity index (χ1) is 11.5. The molecule has 0 saturated carbocycles. The van der Waals surface area contributed by atoms with Crippen LogP contribution in [0.15, 0.2) is 54.6 Å². The molecule has 0 fully saturated rings. The van der Waals surface area contributed by atoms with Gasteiger partial charge >= 0.3 is 0 Å². The van der Waals surface area contributed by atoms with Gasteiger partial charge in [0.15, 0.2) is 0 Å². The summed E-state index contributed by atoms with van der Waals surface area (Å²) in [5.74, 6) is 0.914. The maximum Gasteiger partial charge on any atom is 0.238 e. The Morgan fingerprint density at radius 3 is 2.25 bits per heavy atom. The highest BCUT2D eigenvalue weighted by Gasteiger charge is 2.17. The Labute approximate surface area is 144 Å². The van der Waals surface area contributed by atoms with Gasteiger partial charge in [0.25, 0.3) is 0 Å². The summed E-state index contributed by atoms with van der Waals surface area (Å²) >= 11 is 0. The van der Waals surface area contributed by atoms with E-state index < -0.39 is 0 Å². The number of likely N-dealkylation sites (N-methyl/N-ethyl adjacent to an activating group) is 1. The Morgan fingerprint density at radius 1 is 1.04 bits per heavy atom. The second-order valence-corrected chi connectivity index (χ2v) is 6.19. The van der Waals surface area contributed by atoms with E-state index >= 15 is 0 Å². The fourth-order valence-corrected chi connectivity index (χ4v) is 2.52. The topological polar surface area (TPSA) is 41.6 Å². The Kier molecular flexibility index (Phi) is 6.38. The Balaban J connectivity index is 1.90. The molecule has 2 atom stereocenters. The van der Waals surface area contributed by atoms with Crippen molar-refractivity contribution in [1.29, 1.82) is 0 Å². The first-order valence-electron chi connectivity index (χ1n) is 8.21. The zero-order chi connectivity index (χ0) is 17.5. The third-order valence-electron chi connectivity index (χ3n) is 3.94. The highest BCUT2D eigenvalue weighted by molar-refractivity contribution is 5.80. The molecule has 0 aromatic heterocycles. The Hall–Kier alpha value is -2.33. The number of nitrogens with zero attached hydrogens (tertiary/aromatic N) is 1. The van der Waals surface area contributed by atoms with Gasteiger partial charge in [-0.25, -0.2) is 0 Å². The van der Waals surface area contributed by atoms with Gasteiger partial charge in [-0.05, 0) is 37.1 Å². The average Bonchev–Trinajstić information content (AvgIpc) is 2.60. The molecule has 0 spiro atoms. The van der Waals surface area contributed by atoms with Crippen LogP contribution in [0.25, 0.3) is 0 Å². The smallest absolute Gasteiger partial charge is 0.238 e. The number of carbonyl (C=O) groups is 1. The zero-order valence-electron chi connectivity index (χ0n) is 14.8. The predicted octanol–water partition coefficient (Wildman–Crippen LogP) is 3.39. The first-order valence-corrected chi connectivity index (χ1v) is 8.21. The quantitative estimate of drug-likeness (QED) is 0.848. The van der Waals surface area contributed by atoms with Gasteiger partial charge in [-0.1, -0.05) is 42.5 Å². The fourth-order valence-electron chi connectivity index (χ4n) is 2.52. The molecule has 0 saturated heterocycles. The van der Waals surface area contributed by atoms with Gasteiger partial charge in [0.05, 0.1) is 6.04 Å². The number of carbonyl (C=O) groups excluding carboxylic acids is 1. The van der Waals surface area contributed by atoms with Gasteiger partial charge in [-0.2, -0.15) is 0 Å². The molecule has 1 amide bonds. The van der Waals surface area contributed by atoms with Crippen LogP contribution in [-0.4, -0.2) is 30.9 Å². The normalized spacial score (nSPS) is 13.2. The van der Waals surface area contributed by atoms with E-state index in [1.54, 1.807) is 19.0 Å². The van der Waals surface area contributed by atoms with Crippen LogP contribution in [0.3, 0.4) is 0 Å². The third-order valence-corrected chi connectivity index (χ3v) is 3.94. The lowest BCUT2D eigenvalue weighted by atomic mass is 10.1. The standard InChI is InChI=1S/C20H26N2O2/c1-15(21-16(2)20(23)22(3)4)18-10-12-19(13-11-18)24-14-17-8-6-5-7-9-17/h5-13,15-16,21H,14H2,1-4H3. The molecule has 4 nitrogen and oxygen atoms in total. The van der Waals surface area contributed by atoms with Gasteiger partial charge in [0, 0.05) is 20.1 Å². The molecule has 2 rings (SSSR count). The highest BCUT2D eigenvalue weighted by Crippen LogP contribution is 2.19. The Bertz CT molecular complexity index is 638. The molecule has 0 aliphatic carbocycles. The summed E-state index contributed by atoms with van der Waals surface area (Å²) in [5.41, 5.74) is 2.27. The molecular weight excluding hydrogens is 300 g/mol. The minimum atomic E-state index is -0.219. The molecule has 128 valence electrons. The number of hydrogen-bond acceptors (Lipinski definition) is 3. The maximum atomic E-state index is 11.9. The summed E-state index contributed by atoms with van der Waals surface area (Å²) in [6.45, 7) is 4.50. The third kappa shape index (κ3) is 5.10. The van der Waals surface area contributed by atoms with Crippen molar-refractivity contribution in [3.8, 4) is 5.75 Å². The van der Waals surface area contributed by atoms with Crippen molar-refractivity contribution >= 4 is 5.91 Å². The molecule has 4 heteroatoms. The minimum Gasteiger partial charge on any atom is -0.489 e. The molecular formula is C20H26N2O2. The predicted molar refractivity (Wildman–Crippen MR) is 96.9 cm³/mol. The van der Waals surface area contributed by atoms with Gasteiger partial charge in [0.2, 0.25) is 5.91 Å². The van der Waals surface area contributed by atoms with Crippen LogP contribution in [-0.2, 0) is 11.4 Å². The van der Waals surface area contributed by atoms with Crippen LogP contribution >= 0.6 is 0 Å². The minimum absolute atomic E-state index is 0.0738. The summed E-state index contributed by atoms with van der Waals surface area (Å²) in [5, 5.41) is 3.32. The Morgan fingerprint density at radius 2 is 1.67 bits per heavy atom. The second-order valence-electron chi connectivity index (χ2n) is 6.19. The molecule has 2 aromatic carbocycles. The van der Waals surface area contributed by atoms with Crippen LogP contribution in [0.2, 0.25) is 0 Å². The lowest BCUT2D eigenvalue weighted by Gasteiger charge is -2.22. The number of amides is 1. The molecule has 24 heavy (non-hydrogen) atoms. The lowest BCUT2D eigenvalue weighted by molar-refractivity contribution is -0.130. The van der Waals surface area contributed by atoms with Gasteiger partial charge < -0.3 is 9.64 Å². The van der Waals surface area contributed by atoms with Crippen molar-refractivity contribution in [2.75, 3.05) is 14.1 Å². The van der Waals surface area contributed by atoms with E-state index in [-0.39, 0.29) is 18.0 Å². The van der Waals surface area contributed by atoms with E-state index in [9.17, 15) is 4.79 Å². The number of ether oxygens (including phenoxy) is 1. The van der Waals surface area contributed by atoms with Crippen LogP contribution in [0.4, 0.5) is 0 Å². The van der Waals surface area contributed by atoms with Gasteiger partial charge in [-0.15, -0.1) is 0 Å². The maximum absolute atomic E-state index is 11.9. The molecule has 2 unspecified atom stereocenters. The largest absolute Gasteiger partial charge is 0.489 e. The van der Waals surface area contributed by atoms with Crippen molar-refractivity contribution in [3.05, 3.63) is 65.7 Å². The monoisotopic (exact) mass is 326 g/mol. The lowest BCUT2D eigenvalue weighted by Crippen LogP contribution is -2.42. The van der Waals surface area contributed by atoms with Crippen molar-refractivity contribution < 1.29 is 9.53 Å². The van der Waals surface area contributed by atoms with E-state index in [4.69, 9.17) is 4.74 Å². The SMILES string of the molecule is CC(NC(C)c1ccc(OCc2ccccc2)cc1)C(=O)N(C)C. The van der Waals surface area contributed by atoms with E-state index in [0.29, 0.717) is 6.61 Å². The van der Waals surface area contributed by atoms with Gasteiger partial charge in [-0.3, -0.25) is 10.1 Å². The molecule has 0 aliphatic heterocycles. The highest BCUT2D eigenvalue weighted by atomic mass is 16.5. The molecule has 0 aliphatic rings. The zero-order valence-corrected chi connectivity index (χ0v) is 14.8. The van der Waals surface area contributed by atoms with Crippen LogP contribution < -0.4 is 10.1 Å². The van der Waals surface area contributed by atoms with Crippen LogP contribution in [0.1, 0.15) is 31.0 Å². The van der Waals surface area contributed by atoms with Crippen LogP contribution in [0, 0.1) is 0 Å². The molecule has 0 radical (unpaired) electrons. The summed E-state index contributed by atoms with van der Waals surface area (Å²) in [6.07, 6.45) is 0. The summed E-state index contributed by atoms with van der Waals surface area (Å²) < 4.78 is 5.80. The van der Waals surface area contributed by atoms with Gasteiger partial charge in [0.1, 0.15) is 12.4 Å². The van der Waals surface area contributed by atoms with Crippen molar-refractivity contribution in [1.82, 2.24) is 10.2 Å². The fraction of sp³-hybridized carbons (Fsp3) is 0.350. The first kappa shape index (κ1) is 18.0. The molecule has 0 bridgehead atoms. The molecule has 2 aromatic rings. The number of rotatable bonds is 7. The summed E-state index contributed by atoms with van der Waals surface area (Å²) in [4.78, 5) is 13.5. The summed E-state index contributed by atoms with van der Waals surface area (Å²) in [7, 11) is 3.54. The van der Waals surface area contributed by atoms with Crippen molar-refractivity contribution in [2.24, 2.45) is 0 Å². The molecule has 0 heterocycles. The number of nitrogens with one attached hydrogen (secondary N) is 1. The van der Waals surface area contributed by atoms with Crippen molar-refractivity contribution in [2.45, 2.75) is 32.5 Å². The number of benzene rings is 2. The van der Waals surface area contributed by atoms with E-state index in [1.165, 1.54) is 0 Å². The second kappa shape index (κ2) is 8.50. The number of hydrogen-bond donors (Lipinski definition) is 1.